The van der Waals surface area contributed by atoms with Crippen molar-refractivity contribution in [1.82, 2.24) is 10.6 Å². The first kappa shape index (κ1) is 26.7. The summed E-state index contributed by atoms with van der Waals surface area (Å²) in [6, 6.07) is 12.6. The largest absolute Gasteiger partial charge is 0.484 e. The predicted octanol–water partition coefficient (Wildman–Crippen LogP) is 4.33. The fourth-order valence-corrected chi connectivity index (χ4v) is 2.91. The van der Waals surface area contributed by atoms with Crippen LogP contribution in [0, 0.1) is 0 Å². The van der Waals surface area contributed by atoms with Crippen molar-refractivity contribution >= 4 is 18.3 Å². The summed E-state index contributed by atoms with van der Waals surface area (Å²) in [5.74, 6) is 0.564. The molecule has 9 heteroatoms. The zero-order valence-electron chi connectivity index (χ0n) is 17.7. The summed E-state index contributed by atoms with van der Waals surface area (Å²) in [5.41, 5.74) is 0.863. The van der Waals surface area contributed by atoms with Crippen molar-refractivity contribution in [2.24, 2.45) is 0 Å². The third-order valence-electron chi connectivity index (χ3n) is 4.75. The molecule has 2 unspecified atom stereocenters. The van der Waals surface area contributed by atoms with Crippen LogP contribution in [0.15, 0.2) is 48.5 Å². The smallest absolute Gasteiger partial charge is 0.416 e. The maximum absolute atomic E-state index is 12.9. The van der Waals surface area contributed by atoms with Crippen LogP contribution < -0.4 is 15.4 Å². The summed E-state index contributed by atoms with van der Waals surface area (Å²) in [7, 11) is 3.03. The fourth-order valence-electron chi connectivity index (χ4n) is 2.91. The van der Waals surface area contributed by atoms with E-state index >= 15 is 0 Å². The number of carbonyl (C=O) groups is 1. The van der Waals surface area contributed by atoms with E-state index in [-0.39, 0.29) is 30.8 Å². The SMILES string of the molecule is CNC(=O)COc1ccc(C(C)CNCC(OC)c2cccc(C(F)(F)F)c2)cc1.Cl. The minimum absolute atomic E-state index is 0. The molecule has 2 N–H and O–H groups in total. The van der Waals surface area contributed by atoms with E-state index in [1.165, 1.54) is 13.2 Å². The van der Waals surface area contributed by atoms with Crippen LogP contribution in [0.1, 0.15) is 35.6 Å². The molecule has 5 nitrogen and oxygen atoms in total. The number of ether oxygens (including phenoxy) is 2. The highest BCUT2D eigenvalue weighted by Crippen LogP contribution is 2.31. The number of amides is 1. The second-order valence-corrected chi connectivity index (χ2v) is 6.94. The second-order valence-electron chi connectivity index (χ2n) is 6.94. The Hall–Kier alpha value is -2.29. The van der Waals surface area contributed by atoms with Crippen LogP contribution in [-0.2, 0) is 15.7 Å². The molecule has 0 aliphatic rings. The predicted molar refractivity (Wildman–Crippen MR) is 116 cm³/mol. The Morgan fingerprint density at radius 3 is 2.32 bits per heavy atom. The molecule has 2 aromatic carbocycles. The van der Waals surface area contributed by atoms with Crippen LogP contribution in [0.25, 0.3) is 0 Å². The molecular formula is C22H28ClF3N2O3. The number of methoxy groups -OCH3 is 1. The van der Waals surface area contributed by atoms with Gasteiger partial charge in [-0.3, -0.25) is 4.79 Å². The fraction of sp³-hybridized carbons (Fsp3) is 0.409. The highest BCUT2D eigenvalue weighted by atomic mass is 35.5. The van der Waals surface area contributed by atoms with E-state index in [0.717, 1.165) is 17.7 Å². The Kier molecular flexibility index (Phi) is 10.8. The third kappa shape index (κ3) is 8.40. The molecule has 0 bridgehead atoms. The molecule has 0 heterocycles. The molecule has 1 amide bonds. The highest BCUT2D eigenvalue weighted by Gasteiger charge is 2.31. The lowest BCUT2D eigenvalue weighted by Crippen LogP contribution is -2.26. The number of alkyl halides is 3. The Morgan fingerprint density at radius 1 is 1.06 bits per heavy atom. The summed E-state index contributed by atoms with van der Waals surface area (Å²) >= 11 is 0. The van der Waals surface area contributed by atoms with Gasteiger partial charge in [-0.15, -0.1) is 12.4 Å². The lowest BCUT2D eigenvalue weighted by molar-refractivity contribution is -0.137. The molecule has 0 saturated carbocycles. The van der Waals surface area contributed by atoms with Gasteiger partial charge >= 0.3 is 6.18 Å². The Bertz CT molecular complexity index is 816. The van der Waals surface area contributed by atoms with Crippen LogP contribution in [0.2, 0.25) is 0 Å². The van der Waals surface area contributed by atoms with Gasteiger partial charge in [0.1, 0.15) is 5.75 Å². The minimum atomic E-state index is -4.38. The van der Waals surface area contributed by atoms with Crippen LogP contribution in [-0.4, -0.2) is 39.8 Å². The molecule has 31 heavy (non-hydrogen) atoms. The van der Waals surface area contributed by atoms with Gasteiger partial charge in [-0.2, -0.15) is 13.2 Å². The maximum Gasteiger partial charge on any atom is 0.416 e. The van der Waals surface area contributed by atoms with Crippen molar-refractivity contribution in [3.8, 4) is 5.75 Å². The molecule has 0 radical (unpaired) electrons. The quantitative estimate of drug-likeness (QED) is 0.554. The zero-order valence-corrected chi connectivity index (χ0v) is 18.5. The Morgan fingerprint density at radius 2 is 1.74 bits per heavy atom. The van der Waals surface area contributed by atoms with E-state index in [0.29, 0.717) is 24.4 Å². The first-order valence-electron chi connectivity index (χ1n) is 9.58. The van der Waals surface area contributed by atoms with E-state index in [9.17, 15) is 18.0 Å². The molecule has 0 spiro atoms. The Balaban J connectivity index is 0.00000480. The number of hydrogen-bond acceptors (Lipinski definition) is 4. The second kappa shape index (κ2) is 12.5. The molecule has 2 aromatic rings. The van der Waals surface area contributed by atoms with Crippen molar-refractivity contribution < 1.29 is 27.4 Å². The van der Waals surface area contributed by atoms with E-state index < -0.39 is 17.8 Å². The van der Waals surface area contributed by atoms with Crippen molar-refractivity contribution in [2.45, 2.75) is 25.1 Å². The molecule has 0 aliphatic heterocycles. The number of hydrogen-bond donors (Lipinski definition) is 2. The lowest BCUT2D eigenvalue weighted by Gasteiger charge is -2.20. The number of likely N-dealkylation sites (N-methyl/N-ethyl adjacent to an activating group) is 1. The topological polar surface area (TPSA) is 59.6 Å². The van der Waals surface area contributed by atoms with E-state index in [4.69, 9.17) is 9.47 Å². The molecule has 172 valence electrons. The summed E-state index contributed by atoms with van der Waals surface area (Å²) < 4.78 is 49.6. The number of rotatable bonds is 10. The normalized spacial score (nSPS) is 13.1. The number of benzene rings is 2. The molecule has 2 atom stereocenters. The average Bonchev–Trinajstić information content (AvgIpc) is 2.74. The molecule has 0 saturated heterocycles. The first-order chi connectivity index (χ1) is 14.2. The van der Waals surface area contributed by atoms with E-state index in [1.54, 1.807) is 25.2 Å². The van der Waals surface area contributed by atoms with Crippen molar-refractivity contribution in [3.05, 3.63) is 65.2 Å². The van der Waals surface area contributed by atoms with Crippen LogP contribution >= 0.6 is 12.4 Å². The van der Waals surface area contributed by atoms with E-state index in [1.807, 2.05) is 19.1 Å². The van der Waals surface area contributed by atoms with Gasteiger partial charge in [0.05, 0.1) is 11.7 Å². The molecule has 0 aliphatic carbocycles. The van der Waals surface area contributed by atoms with Crippen molar-refractivity contribution in [2.75, 3.05) is 33.9 Å². The molecular weight excluding hydrogens is 433 g/mol. The summed E-state index contributed by atoms with van der Waals surface area (Å²) in [5, 5.41) is 5.75. The number of nitrogens with one attached hydrogen (secondary N) is 2. The molecule has 2 rings (SSSR count). The third-order valence-corrected chi connectivity index (χ3v) is 4.75. The van der Waals surface area contributed by atoms with Crippen molar-refractivity contribution in [1.29, 1.82) is 0 Å². The minimum Gasteiger partial charge on any atom is -0.484 e. The summed E-state index contributed by atoms with van der Waals surface area (Å²) in [4.78, 5) is 11.2. The summed E-state index contributed by atoms with van der Waals surface area (Å²) in [6.07, 6.45) is -4.87. The van der Waals surface area contributed by atoms with Gasteiger partial charge in [-0.1, -0.05) is 31.2 Å². The van der Waals surface area contributed by atoms with Gasteiger partial charge in [0.15, 0.2) is 6.61 Å². The van der Waals surface area contributed by atoms with Crippen LogP contribution in [0.4, 0.5) is 13.2 Å². The van der Waals surface area contributed by atoms with Crippen molar-refractivity contribution in [3.63, 3.8) is 0 Å². The van der Waals surface area contributed by atoms with Crippen LogP contribution in [0.3, 0.4) is 0 Å². The van der Waals surface area contributed by atoms with Gasteiger partial charge in [0.2, 0.25) is 0 Å². The van der Waals surface area contributed by atoms with Gasteiger partial charge < -0.3 is 20.1 Å². The summed E-state index contributed by atoms with van der Waals surface area (Å²) in [6.45, 7) is 3.01. The van der Waals surface area contributed by atoms with E-state index in [2.05, 4.69) is 10.6 Å². The standard InChI is InChI=1S/C22H27F3N2O3.ClH/c1-15(16-7-9-19(10-8-16)30-14-21(28)26-2)12-27-13-20(29-3)17-5-4-6-18(11-17)22(23,24)25;/h4-11,15,20,27H,12-14H2,1-3H3,(H,26,28);1H. The molecule has 0 aromatic heterocycles. The first-order valence-corrected chi connectivity index (χ1v) is 9.58. The van der Waals surface area contributed by atoms with Gasteiger partial charge in [0.25, 0.3) is 5.91 Å². The lowest BCUT2D eigenvalue weighted by atomic mass is 10.0. The zero-order chi connectivity index (χ0) is 22.1. The van der Waals surface area contributed by atoms with Gasteiger partial charge in [-0.05, 0) is 41.3 Å². The highest BCUT2D eigenvalue weighted by molar-refractivity contribution is 5.85. The Labute approximate surface area is 186 Å². The van der Waals surface area contributed by atoms with Gasteiger partial charge in [-0.25, -0.2) is 0 Å². The monoisotopic (exact) mass is 460 g/mol. The van der Waals surface area contributed by atoms with Gasteiger partial charge in [0, 0.05) is 27.2 Å². The maximum atomic E-state index is 12.9. The molecule has 0 fully saturated rings. The number of halogens is 4. The average molecular weight is 461 g/mol. The van der Waals surface area contributed by atoms with Crippen LogP contribution in [0.5, 0.6) is 5.75 Å². The number of carbonyl (C=O) groups excluding carboxylic acids is 1.